The monoisotopic (exact) mass is 241 g/mol. The minimum Gasteiger partial charge on any atom is -0.380 e. The number of ether oxygens (including phenoxy) is 1. The van der Waals surface area contributed by atoms with Gasteiger partial charge in [-0.25, -0.2) is 0 Å². The Labute approximate surface area is 103 Å². The first-order chi connectivity index (χ1) is 7.61. The fourth-order valence-electron chi connectivity index (χ4n) is 1.78. The van der Waals surface area contributed by atoms with Crippen molar-refractivity contribution in [2.24, 2.45) is 0 Å². The van der Waals surface area contributed by atoms with Gasteiger partial charge in [-0.15, -0.1) is 11.3 Å². The molecular formula is C13H23NOS. The van der Waals surface area contributed by atoms with Crippen LogP contribution in [0.2, 0.25) is 0 Å². The summed E-state index contributed by atoms with van der Waals surface area (Å²) < 4.78 is 5.39. The summed E-state index contributed by atoms with van der Waals surface area (Å²) in [4.78, 5) is 2.85. The molecule has 0 aliphatic rings. The zero-order valence-corrected chi connectivity index (χ0v) is 11.6. The van der Waals surface area contributed by atoms with Gasteiger partial charge in [0.05, 0.1) is 6.61 Å². The molecule has 1 heterocycles. The van der Waals surface area contributed by atoms with Gasteiger partial charge in [-0.1, -0.05) is 0 Å². The van der Waals surface area contributed by atoms with Gasteiger partial charge in [0.15, 0.2) is 0 Å². The van der Waals surface area contributed by atoms with Crippen LogP contribution in [0.3, 0.4) is 0 Å². The Bertz CT molecular complexity index is 298. The molecule has 92 valence electrons. The molecule has 0 saturated carbocycles. The number of hydrogen-bond donors (Lipinski definition) is 1. The van der Waals surface area contributed by atoms with Gasteiger partial charge in [0.25, 0.3) is 0 Å². The van der Waals surface area contributed by atoms with E-state index in [1.165, 1.54) is 9.75 Å². The maximum atomic E-state index is 5.39. The molecule has 0 saturated heterocycles. The lowest BCUT2D eigenvalue weighted by molar-refractivity contribution is 0.124. The third kappa shape index (κ3) is 5.10. The van der Waals surface area contributed by atoms with Crippen LogP contribution in [0.4, 0.5) is 0 Å². The molecule has 1 aromatic heterocycles. The molecule has 2 atom stereocenters. The van der Waals surface area contributed by atoms with Crippen molar-refractivity contribution < 1.29 is 4.74 Å². The Balaban J connectivity index is 2.27. The van der Waals surface area contributed by atoms with Gasteiger partial charge in [0.2, 0.25) is 0 Å². The van der Waals surface area contributed by atoms with Crippen LogP contribution in [0.25, 0.3) is 0 Å². The van der Waals surface area contributed by atoms with Crippen molar-refractivity contribution in [2.45, 2.75) is 46.2 Å². The van der Waals surface area contributed by atoms with Crippen LogP contribution in [0, 0.1) is 6.92 Å². The maximum absolute atomic E-state index is 5.39. The van der Waals surface area contributed by atoms with E-state index >= 15 is 0 Å². The molecule has 1 rings (SSSR count). The van der Waals surface area contributed by atoms with Crippen molar-refractivity contribution >= 4 is 11.3 Å². The van der Waals surface area contributed by atoms with Crippen molar-refractivity contribution in [1.29, 1.82) is 0 Å². The Morgan fingerprint density at radius 2 is 2.06 bits per heavy atom. The summed E-state index contributed by atoms with van der Waals surface area (Å²) in [5.74, 6) is 0. The molecule has 2 nitrogen and oxygen atoms in total. The Morgan fingerprint density at radius 1 is 1.31 bits per heavy atom. The number of hydrogen-bond acceptors (Lipinski definition) is 3. The minimum absolute atomic E-state index is 0.427. The average molecular weight is 241 g/mol. The smallest absolute Gasteiger partial charge is 0.0616 e. The fourth-order valence-corrected chi connectivity index (χ4v) is 2.80. The van der Waals surface area contributed by atoms with Gasteiger partial charge in [-0.3, -0.25) is 0 Å². The van der Waals surface area contributed by atoms with E-state index in [2.05, 4.69) is 38.2 Å². The van der Waals surface area contributed by atoms with E-state index in [0.717, 1.165) is 19.6 Å². The molecule has 0 radical (unpaired) electrons. The molecule has 2 unspecified atom stereocenters. The minimum atomic E-state index is 0.427. The molecule has 1 aromatic rings. The van der Waals surface area contributed by atoms with Crippen LogP contribution in [-0.4, -0.2) is 25.3 Å². The Hall–Kier alpha value is -0.380. The standard InChI is InChI=1S/C13H23NOS/c1-5-15-9-11(3)14-10(2)8-13-7-6-12(4)16-13/h6-7,10-11,14H,5,8-9H2,1-4H3. The van der Waals surface area contributed by atoms with Crippen LogP contribution < -0.4 is 5.32 Å². The first kappa shape index (κ1) is 13.7. The summed E-state index contributed by atoms with van der Waals surface area (Å²) >= 11 is 1.89. The predicted molar refractivity (Wildman–Crippen MR) is 71.3 cm³/mol. The molecule has 0 fully saturated rings. The predicted octanol–water partition coefficient (Wildman–Crippen LogP) is 3.00. The molecule has 0 bridgehead atoms. The van der Waals surface area contributed by atoms with Crippen molar-refractivity contribution in [3.05, 3.63) is 21.9 Å². The van der Waals surface area contributed by atoms with Gasteiger partial charge in [0.1, 0.15) is 0 Å². The largest absolute Gasteiger partial charge is 0.380 e. The third-order valence-electron chi connectivity index (χ3n) is 2.44. The SMILES string of the molecule is CCOCC(C)NC(C)Cc1ccc(C)s1. The molecule has 0 aromatic carbocycles. The van der Waals surface area contributed by atoms with Crippen molar-refractivity contribution in [2.75, 3.05) is 13.2 Å². The fraction of sp³-hybridized carbons (Fsp3) is 0.692. The molecule has 0 aliphatic carbocycles. The van der Waals surface area contributed by atoms with Crippen molar-refractivity contribution in [3.63, 3.8) is 0 Å². The summed E-state index contributed by atoms with van der Waals surface area (Å²) in [6.07, 6.45) is 1.11. The second kappa shape index (κ2) is 7.05. The Morgan fingerprint density at radius 3 is 2.62 bits per heavy atom. The van der Waals surface area contributed by atoms with E-state index in [0.29, 0.717) is 12.1 Å². The van der Waals surface area contributed by atoms with E-state index < -0.39 is 0 Å². The molecule has 0 aliphatic heterocycles. The topological polar surface area (TPSA) is 21.3 Å². The van der Waals surface area contributed by atoms with E-state index in [-0.39, 0.29) is 0 Å². The van der Waals surface area contributed by atoms with Gasteiger partial charge >= 0.3 is 0 Å². The van der Waals surface area contributed by atoms with E-state index in [4.69, 9.17) is 4.74 Å². The molecule has 16 heavy (non-hydrogen) atoms. The first-order valence-corrected chi connectivity index (χ1v) is 6.82. The van der Waals surface area contributed by atoms with Gasteiger partial charge < -0.3 is 10.1 Å². The van der Waals surface area contributed by atoms with E-state index in [1.807, 2.05) is 18.3 Å². The molecule has 0 spiro atoms. The zero-order chi connectivity index (χ0) is 12.0. The van der Waals surface area contributed by atoms with Crippen molar-refractivity contribution in [3.8, 4) is 0 Å². The lowest BCUT2D eigenvalue weighted by Crippen LogP contribution is -2.38. The number of nitrogens with one attached hydrogen (secondary N) is 1. The number of thiophene rings is 1. The second-order valence-corrected chi connectivity index (χ2v) is 5.72. The van der Waals surface area contributed by atoms with Crippen LogP contribution >= 0.6 is 11.3 Å². The molecule has 0 amide bonds. The van der Waals surface area contributed by atoms with Gasteiger partial charge in [-0.05, 0) is 46.2 Å². The summed E-state index contributed by atoms with van der Waals surface area (Å²) in [5.41, 5.74) is 0. The second-order valence-electron chi connectivity index (χ2n) is 4.34. The van der Waals surface area contributed by atoms with Crippen LogP contribution in [0.1, 0.15) is 30.5 Å². The molecule has 3 heteroatoms. The normalized spacial score (nSPS) is 15.0. The highest BCUT2D eigenvalue weighted by atomic mass is 32.1. The summed E-state index contributed by atoms with van der Waals surface area (Å²) in [5, 5.41) is 3.55. The van der Waals surface area contributed by atoms with Crippen LogP contribution in [0.5, 0.6) is 0 Å². The zero-order valence-electron chi connectivity index (χ0n) is 10.7. The lowest BCUT2D eigenvalue weighted by atomic mass is 10.2. The highest BCUT2D eigenvalue weighted by Gasteiger charge is 2.09. The summed E-state index contributed by atoms with van der Waals surface area (Å²) in [6, 6.07) is 5.35. The number of rotatable bonds is 7. The van der Waals surface area contributed by atoms with E-state index in [9.17, 15) is 0 Å². The summed E-state index contributed by atoms with van der Waals surface area (Å²) in [6.45, 7) is 10.2. The van der Waals surface area contributed by atoms with Crippen LogP contribution in [0.15, 0.2) is 12.1 Å². The summed E-state index contributed by atoms with van der Waals surface area (Å²) in [7, 11) is 0. The van der Waals surface area contributed by atoms with Gasteiger partial charge in [0, 0.05) is 28.4 Å². The quantitative estimate of drug-likeness (QED) is 0.792. The van der Waals surface area contributed by atoms with Gasteiger partial charge in [-0.2, -0.15) is 0 Å². The third-order valence-corrected chi connectivity index (χ3v) is 3.47. The lowest BCUT2D eigenvalue weighted by Gasteiger charge is -2.19. The number of aryl methyl sites for hydroxylation is 1. The average Bonchev–Trinajstić information content (AvgIpc) is 2.60. The first-order valence-electron chi connectivity index (χ1n) is 6.01. The van der Waals surface area contributed by atoms with Crippen molar-refractivity contribution in [1.82, 2.24) is 5.32 Å². The highest BCUT2D eigenvalue weighted by Crippen LogP contribution is 2.16. The van der Waals surface area contributed by atoms with Crippen LogP contribution in [-0.2, 0) is 11.2 Å². The van der Waals surface area contributed by atoms with E-state index in [1.54, 1.807) is 0 Å². The Kier molecular flexibility index (Phi) is 6.03. The molecule has 1 N–H and O–H groups in total. The highest BCUT2D eigenvalue weighted by molar-refractivity contribution is 7.11. The molecular weight excluding hydrogens is 218 g/mol. The maximum Gasteiger partial charge on any atom is 0.0616 e.